The summed E-state index contributed by atoms with van der Waals surface area (Å²) in [5.74, 6) is 0. The van der Waals surface area contributed by atoms with Gasteiger partial charge in [-0.2, -0.15) is 0 Å². The Labute approximate surface area is 93.0 Å². The fourth-order valence-electron chi connectivity index (χ4n) is 1.38. The average Bonchev–Trinajstić information content (AvgIpc) is 2.66. The molecular weight excluding hydrogens is 208 g/mol. The molecule has 0 aliphatic rings. The van der Waals surface area contributed by atoms with Gasteiger partial charge in [-0.15, -0.1) is 23.1 Å². The van der Waals surface area contributed by atoms with E-state index in [0.29, 0.717) is 0 Å². The molecule has 1 aromatic carbocycles. The first-order valence-electron chi connectivity index (χ1n) is 4.50. The summed E-state index contributed by atoms with van der Waals surface area (Å²) in [6.45, 7) is 2.13. The maximum atomic E-state index is 2.23. The largest absolute Gasteiger partial charge is 0.129 e. The third-order valence-electron chi connectivity index (χ3n) is 2.09. The van der Waals surface area contributed by atoms with Crippen molar-refractivity contribution in [3.8, 4) is 10.4 Å². The molecule has 1 heterocycles. The lowest BCUT2D eigenvalue weighted by atomic mass is 10.1. The molecule has 0 atom stereocenters. The molecule has 0 spiro atoms. The quantitative estimate of drug-likeness (QED) is 0.674. The molecule has 0 fully saturated rings. The van der Waals surface area contributed by atoms with Crippen molar-refractivity contribution in [1.82, 2.24) is 0 Å². The Morgan fingerprint density at radius 2 is 2.00 bits per heavy atom. The highest BCUT2D eigenvalue weighted by molar-refractivity contribution is 8.00. The molecule has 0 saturated carbocycles. The number of thioether (sulfide) groups is 1. The van der Waals surface area contributed by atoms with Crippen LogP contribution in [0.3, 0.4) is 0 Å². The highest BCUT2D eigenvalue weighted by Crippen LogP contribution is 2.32. The van der Waals surface area contributed by atoms with E-state index in [4.69, 9.17) is 0 Å². The number of benzene rings is 1. The normalized spacial score (nSPS) is 10.4. The third-order valence-corrected chi connectivity index (χ3v) is 4.30. The van der Waals surface area contributed by atoms with E-state index in [2.05, 4.69) is 49.6 Å². The second-order valence-corrected chi connectivity index (χ2v) is 5.38. The molecule has 0 bridgehead atoms. The molecule has 0 unspecified atom stereocenters. The molecule has 0 aliphatic carbocycles. The molecule has 2 aromatic rings. The van der Waals surface area contributed by atoms with Crippen molar-refractivity contribution in [3.05, 3.63) is 42.0 Å². The van der Waals surface area contributed by atoms with Crippen LogP contribution in [-0.4, -0.2) is 6.26 Å². The van der Waals surface area contributed by atoms with Crippen LogP contribution >= 0.6 is 23.1 Å². The molecule has 0 amide bonds. The Morgan fingerprint density at radius 3 is 2.64 bits per heavy atom. The van der Waals surface area contributed by atoms with Crippen LogP contribution in [0, 0.1) is 6.92 Å². The minimum atomic E-state index is 1.32. The first-order valence-corrected chi connectivity index (χ1v) is 6.54. The summed E-state index contributed by atoms with van der Waals surface area (Å²) in [6.07, 6.45) is 2.12. The van der Waals surface area contributed by atoms with Crippen LogP contribution in [0.25, 0.3) is 10.4 Å². The van der Waals surface area contributed by atoms with Gasteiger partial charge in [-0.05, 0) is 30.9 Å². The zero-order valence-corrected chi connectivity index (χ0v) is 9.91. The fraction of sp³-hybridized carbons (Fsp3) is 0.167. The van der Waals surface area contributed by atoms with Gasteiger partial charge in [-0.25, -0.2) is 0 Å². The standard InChI is InChI=1S/C12H12S2/c1-9-4-3-5-10(8-9)11-6-7-12(13-2)14-11/h3-8H,1-2H3. The summed E-state index contributed by atoms with van der Waals surface area (Å²) in [7, 11) is 0. The van der Waals surface area contributed by atoms with E-state index in [1.807, 2.05) is 23.1 Å². The summed E-state index contributed by atoms with van der Waals surface area (Å²) < 4.78 is 1.38. The van der Waals surface area contributed by atoms with Gasteiger partial charge in [0.05, 0.1) is 4.21 Å². The van der Waals surface area contributed by atoms with Crippen molar-refractivity contribution in [1.29, 1.82) is 0 Å². The van der Waals surface area contributed by atoms with Crippen LogP contribution in [0.4, 0.5) is 0 Å². The SMILES string of the molecule is CSc1ccc(-c2cccc(C)c2)s1. The zero-order chi connectivity index (χ0) is 9.97. The van der Waals surface area contributed by atoms with Crippen LogP contribution in [0.5, 0.6) is 0 Å². The van der Waals surface area contributed by atoms with Crippen LogP contribution in [-0.2, 0) is 0 Å². The molecule has 0 saturated heterocycles. The summed E-state index contributed by atoms with van der Waals surface area (Å²) >= 11 is 3.66. The number of hydrogen-bond donors (Lipinski definition) is 0. The van der Waals surface area contributed by atoms with E-state index >= 15 is 0 Å². The van der Waals surface area contributed by atoms with E-state index < -0.39 is 0 Å². The first-order chi connectivity index (χ1) is 6.79. The topological polar surface area (TPSA) is 0 Å². The van der Waals surface area contributed by atoms with Gasteiger partial charge in [0.25, 0.3) is 0 Å². The number of thiophene rings is 1. The molecule has 0 aliphatic heterocycles. The Morgan fingerprint density at radius 1 is 1.14 bits per heavy atom. The third kappa shape index (κ3) is 2.02. The lowest BCUT2D eigenvalue weighted by molar-refractivity contribution is 1.48. The summed E-state index contributed by atoms with van der Waals surface area (Å²) in [6, 6.07) is 13.0. The minimum Gasteiger partial charge on any atom is -0.129 e. The van der Waals surface area contributed by atoms with Gasteiger partial charge in [-0.3, -0.25) is 0 Å². The molecule has 14 heavy (non-hydrogen) atoms. The van der Waals surface area contributed by atoms with Gasteiger partial charge in [0.15, 0.2) is 0 Å². The van der Waals surface area contributed by atoms with Gasteiger partial charge < -0.3 is 0 Å². The Bertz CT molecular complexity index is 429. The fourth-order valence-corrected chi connectivity index (χ4v) is 2.92. The number of hydrogen-bond acceptors (Lipinski definition) is 2. The summed E-state index contributed by atoms with van der Waals surface area (Å²) in [4.78, 5) is 1.36. The van der Waals surface area contributed by atoms with Crippen molar-refractivity contribution in [2.24, 2.45) is 0 Å². The van der Waals surface area contributed by atoms with Crippen LogP contribution in [0.1, 0.15) is 5.56 Å². The lowest BCUT2D eigenvalue weighted by Crippen LogP contribution is -1.73. The van der Waals surface area contributed by atoms with Gasteiger partial charge in [-0.1, -0.05) is 29.8 Å². The highest BCUT2D eigenvalue weighted by atomic mass is 32.2. The van der Waals surface area contributed by atoms with Crippen molar-refractivity contribution in [2.45, 2.75) is 11.1 Å². The van der Waals surface area contributed by atoms with Crippen LogP contribution < -0.4 is 0 Å². The predicted molar refractivity (Wildman–Crippen MR) is 66.3 cm³/mol. The Hall–Kier alpha value is -0.730. The summed E-state index contributed by atoms with van der Waals surface area (Å²) in [5.41, 5.74) is 2.65. The van der Waals surface area contributed by atoms with Crippen molar-refractivity contribution in [2.75, 3.05) is 6.26 Å². The Balaban J connectivity index is 2.39. The number of rotatable bonds is 2. The second kappa shape index (κ2) is 4.20. The molecule has 72 valence electrons. The zero-order valence-electron chi connectivity index (χ0n) is 8.28. The maximum Gasteiger partial charge on any atom is 0.0602 e. The van der Waals surface area contributed by atoms with E-state index in [9.17, 15) is 0 Å². The van der Waals surface area contributed by atoms with Crippen molar-refractivity contribution < 1.29 is 0 Å². The van der Waals surface area contributed by atoms with Gasteiger partial charge in [0.2, 0.25) is 0 Å². The van der Waals surface area contributed by atoms with E-state index in [1.54, 1.807) is 0 Å². The second-order valence-electron chi connectivity index (χ2n) is 3.19. The van der Waals surface area contributed by atoms with E-state index in [1.165, 1.54) is 20.2 Å². The molecule has 1 aromatic heterocycles. The maximum absolute atomic E-state index is 2.23. The summed E-state index contributed by atoms with van der Waals surface area (Å²) in [5, 5.41) is 0. The molecule has 0 radical (unpaired) electrons. The smallest absolute Gasteiger partial charge is 0.0602 e. The van der Waals surface area contributed by atoms with E-state index in [0.717, 1.165) is 0 Å². The van der Waals surface area contributed by atoms with Crippen LogP contribution in [0.15, 0.2) is 40.6 Å². The molecule has 0 nitrogen and oxygen atoms in total. The highest BCUT2D eigenvalue weighted by Gasteiger charge is 2.01. The van der Waals surface area contributed by atoms with Crippen molar-refractivity contribution >= 4 is 23.1 Å². The first kappa shape index (κ1) is 9.81. The van der Waals surface area contributed by atoms with E-state index in [-0.39, 0.29) is 0 Å². The monoisotopic (exact) mass is 220 g/mol. The lowest BCUT2D eigenvalue weighted by Gasteiger charge is -1.98. The van der Waals surface area contributed by atoms with Crippen molar-refractivity contribution in [3.63, 3.8) is 0 Å². The Kier molecular flexibility index (Phi) is 2.94. The predicted octanol–water partition coefficient (Wildman–Crippen LogP) is 4.45. The van der Waals surface area contributed by atoms with Crippen LogP contribution in [0.2, 0.25) is 0 Å². The number of aryl methyl sites for hydroxylation is 1. The van der Waals surface area contributed by atoms with Gasteiger partial charge in [0.1, 0.15) is 0 Å². The molecule has 0 N–H and O–H groups in total. The molecule has 2 rings (SSSR count). The van der Waals surface area contributed by atoms with Gasteiger partial charge in [0, 0.05) is 4.88 Å². The molecule has 2 heteroatoms. The minimum absolute atomic E-state index is 1.32. The van der Waals surface area contributed by atoms with Gasteiger partial charge >= 0.3 is 0 Å². The molecular formula is C12H12S2. The average molecular weight is 220 g/mol.